The highest BCUT2D eigenvalue weighted by atomic mass is 16.5. The molecular formula is C23H35NO3. The molecule has 1 aromatic carbocycles. The largest absolute Gasteiger partial charge is 0.504 e. The Labute approximate surface area is 163 Å². The summed E-state index contributed by atoms with van der Waals surface area (Å²) in [6.45, 7) is 9.81. The summed E-state index contributed by atoms with van der Waals surface area (Å²) in [5.41, 5.74) is 2.43. The van der Waals surface area contributed by atoms with Gasteiger partial charge in [0.15, 0.2) is 11.5 Å². The zero-order chi connectivity index (χ0) is 19.2. The minimum atomic E-state index is -0.0658. The maximum Gasteiger partial charge on any atom is 0.165 e. The molecular weight excluding hydrogens is 338 g/mol. The molecule has 0 bridgehead atoms. The summed E-state index contributed by atoms with van der Waals surface area (Å²) in [6, 6.07) is 4.35. The van der Waals surface area contributed by atoms with Crippen molar-refractivity contribution in [1.82, 2.24) is 4.90 Å². The minimum Gasteiger partial charge on any atom is -0.504 e. The predicted molar refractivity (Wildman–Crippen MR) is 108 cm³/mol. The molecule has 3 unspecified atom stereocenters. The number of ether oxygens (including phenoxy) is 2. The molecule has 2 fully saturated rings. The van der Waals surface area contributed by atoms with Crippen molar-refractivity contribution in [3.8, 4) is 11.5 Å². The lowest BCUT2D eigenvalue weighted by Crippen LogP contribution is -2.60. The van der Waals surface area contributed by atoms with Crippen LogP contribution in [0.3, 0.4) is 0 Å². The number of hydrogen-bond acceptors (Lipinski definition) is 4. The van der Waals surface area contributed by atoms with Gasteiger partial charge < -0.3 is 19.5 Å². The van der Waals surface area contributed by atoms with Crippen LogP contribution in [0.2, 0.25) is 0 Å². The first kappa shape index (κ1) is 19.1. The lowest BCUT2D eigenvalue weighted by Gasteiger charge is -2.52. The molecule has 4 nitrogen and oxygen atoms in total. The van der Waals surface area contributed by atoms with E-state index in [1.807, 2.05) is 0 Å². The molecule has 150 valence electrons. The van der Waals surface area contributed by atoms with Gasteiger partial charge in [0.1, 0.15) is 6.10 Å². The van der Waals surface area contributed by atoms with E-state index >= 15 is 0 Å². The topological polar surface area (TPSA) is 41.9 Å². The van der Waals surface area contributed by atoms with Gasteiger partial charge in [-0.1, -0.05) is 19.4 Å². The number of nitrogens with zero attached hydrogens (tertiary/aromatic N) is 1. The number of methoxy groups -OCH3 is 1. The number of hydrogen-bond donors (Lipinski definition) is 1. The van der Waals surface area contributed by atoms with Crippen LogP contribution >= 0.6 is 0 Å². The number of phenols is 1. The molecule has 0 amide bonds. The monoisotopic (exact) mass is 373 g/mol. The molecule has 4 atom stereocenters. The molecule has 3 aliphatic rings. The van der Waals surface area contributed by atoms with Crippen LogP contribution in [0.15, 0.2) is 12.1 Å². The second-order valence-corrected chi connectivity index (χ2v) is 9.03. The van der Waals surface area contributed by atoms with Crippen LogP contribution in [-0.2, 0) is 10.2 Å². The summed E-state index contributed by atoms with van der Waals surface area (Å²) in [6.07, 6.45) is 6.21. The molecule has 1 saturated carbocycles. The Morgan fingerprint density at radius 1 is 1.33 bits per heavy atom. The van der Waals surface area contributed by atoms with Crippen molar-refractivity contribution in [1.29, 1.82) is 0 Å². The highest BCUT2D eigenvalue weighted by molar-refractivity contribution is 5.58. The van der Waals surface area contributed by atoms with Crippen LogP contribution in [0.1, 0.15) is 57.1 Å². The molecule has 0 aromatic heterocycles. The molecule has 1 N–H and O–H groups in total. The molecule has 1 aliphatic carbocycles. The Morgan fingerprint density at radius 2 is 2.11 bits per heavy atom. The van der Waals surface area contributed by atoms with Crippen molar-refractivity contribution in [3.05, 3.63) is 23.3 Å². The number of rotatable bonds is 6. The molecule has 1 spiro atoms. The first-order valence-corrected chi connectivity index (χ1v) is 10.8. The van der Waals surface area contributed by atoms with E-state index in [2.05, 4.69) is 31.7 Å². The Balaban J connectivity index is 1.78. The van der Waals surface area contributed by atoms with Crippen LogP contribution in [0, 0.1) is 18.8 Å². The van der Waals surface area contributed by atoms with Crippen molar-refractivity contribution in [2.75, 3.05) is 26.8 Å². The third kappa shape index (κ3) is 3.05. The van der Waals surface area contributed by atoms with Crippen molar-refractivity contribution < 1.29 is 14.6 Å². The summed E-state index contributed by atoms with van der Waals surface area (Å²) in [5.74, 6) is 2.41. The fourth-order valence-corrected chi connectivity index (χ4v) is 5.92. The van der Waals surface area contributed by atoms with E-state index in [1.165, 1.54) is 43.4 Å². The molecule has 27 heavy (non-hydrogen) atoms. The zero-order valence-electron chi connectivity index (χ0n) is 17.3. The highest BCUT2D eigenvalue weighted by Crippen LogP contribution is 2.58. The number of aromatic hydroxyl groups is 1. The van der Waals surface area contributed by atoms with Gasteiger partial charge in [-0.25, -0.2) is 0 Å². The van der Waals surface area contributed by atoms with Crippen LogP contribution in [0.25, 0.3) is 0 Å². The lowest BCUT2D eigenvalue weighted by atomic mass is 9.59. The fraction of sp³-hybridized carbons (Fsp3) is 0.739. The fourth-order valence-electron chi connectivity index (χ4n) is 5.92. The minimum absolute atomic E-state index is 0.0217. The van der Waals surface area contributed by atoms with Crippen LogP contribution in [0.5, 0.6) is 11.5 Å². The van der Waals surface area contributed by atoms with Gasteiger partial charge in [-0.3, -0.25) is 0 Å². The lowest BCUT2D eigenvalue weighted by molar-refractivity contribution is -0.0408. The average Bonchev–Trinajstić information content (AvgIpc) is 3.41. The van der Waals surface area contributed by atoms with Gasteiger partial charge in [-0.2, -0.15) is 0 Å². The highest BCUT2D eigenvalue weighted by Gasteiger charge is 2.58. The van der Waals surface area contributed by atoms with Crippen molar-refractivity contribution >= 4 is 0 Å². The summed E-state index contributed by atoms with van der Waals surface area (Å²) >= 11 is 0. The summed E-state index contributed by atoms with van der Waals surface area (Å²) in [4.78, 5) is 2.73. The van der Waals surface area contributed by atoms with E-state index in [0.717, 1.165) is 18.9 Å². The average molecular weight is 374 g/mol. The van der Waals surface area contributed by atoms with Gasteiger partial charge in [0.2, 0.25) is 0 Å². The number of fused-ring (bicyclic) bond motifs is 2. The first-order chi connectivity index (χ1) is 13.0. The normalized spacial score (nSPS) is 33.3. The maximum absolute atomic E-state index is 10.5. The quantitative estimate of drug-likeness (QED) is 0.809. The molecule has 4 heteroatoms. The summed E-state index contributed by atoms with van der Waals surface area (Å²) < 4.78 is 12.0. The van der Waals surface area contributed by atoms with E-state index < -0.39 is 0 Å². The molecule has 2 heterocycles. The van der Waals surface area contributed by atoms with E-state index in [9.17, 15) is 5.11 Å². The number of piperidine rings is 1. The summed E-state index contributed by atoms with van der Waals surface area (Å²) in [7, 11) is 1.76. The van der Waals surface area contributed by atoms with Crippen LogP contribution in [-0.4, -0.2) is 49.0 Å². The van der Waals surface area contributed by atoms with E-state index in [0.29, 0.717) is 24.3 Å². The molecule has 2 aliphatic heterocycles. The van der Waals surface area contributed by atoms with Crippen molar-refractivity contribution in [2.45, 2.75) is 70.4 Å². The second-order valence-electron chi connectivity index (χ2n) is 9.03. The number of likely N-dealkylation sites (tertiary alicyclic amines) is 1. The van der Waals surface area contributed by atoms with Gasteiger partial charge in [-0.15, -0.1) is 0 Å². The van der Waals surface area contributed by atoms with Crippen molar-refractivity contribution in [3.63, 3.8) is 0 Å². The van der Waals surface area contributed by atoms with Gasteiger partial charge in [-0.05, 0) is 69.5 Å². The SMILES string of the molecule is CCCC1C(C)N(CC2CC2)CCC12c1c(C)ccc(O)c1O[C@H]2COC. The molecule has 4 rings (SSSR count). The summed E-state index contributed by atoms with van der Waals surface area (Å²) in [5, 5.41) is 10.5. The van der Waals surface area contributed by atoms with Gasteiger partial charge in [0.05, 0.1) is 6.61 Å². The first-order valence-electron chi connectivity index (χ1n) is 10.8. The molecule has 1 saturated heterocycles. The Hall–Kier alpha value is -1.26. The van der Waals surface area contributed by atoms with Crippen LogP contribution in [0.4, 0.5) is 0 Å². The number of phenolic OH excluding ortho intramolecular Hbond substituents is 1. The predicted octanol–water partition coefficient (Wildman–Crippen LogP) is 4.27. The van der Waals surface area contributed by atoms with Gasteiger partial charge in [0, 0.05) is 30.7 Å². The van der Waals surface area contributed by atoms with Gasteiger partial charge in [0.25, 0.3) is 0 Å². The third-order valence-corrected chi connectivity index (χ3v) is 7.39. The van der Waals surface area contributed by atoms with E-state index in [4.69, 9.17) is 9.47 Å². The number of benzene rings is 1. The van der Waals surface area contributed by atoms with E-state index in [1.54, 1.807) is 13.2 Å². The third-order valence-electron chi connectivity index (χ3n) is 7.39. The Kier molecular flexibility index (Phi) is 5.15. The Morgan fingerprint density at radius 3 is 2.78 bits per heavy atom. The zero-order valence-corrected chi connectivity index (χ0v) is 17.3. The smallest absolute Gasteiger partial charge is 0.165 e. The van der Waals surface area contributed by atoms with Crippen LogP contribution < -0.4 is 4.74 Å². The standard InChI is InChI=1S/C23H35NO3/c1-5-6-18-16(3)24(13-17-8-9-17)12-11-23(18)20(14-26-4)27-22-19(25)10-7-15(2)21(22)23/h7,10,16-18,20,25H,5-6,8-9,11-14H2,1-4H3/t16?,18?,20-,23?/m0/s1. The Bertz CT molecular complexity index is 686. The van der Waals surface area contributed by atoms with Gasteiger partial charge >= 0.3 is 0 Å². The number of aryl methyl sites for hydroxylation is 1. The molecule has 0 radical (unpaired) electrons. The van der Waals surface area contributed by atoms with Crippen molar-refractivity contribution in [2.24, 2.45) is 11.8 Å². The molecule has 1 aromatic rings. The second kappa shape index (κ2) is 7.29. The van der Waals surface area contributed by atoms with E-state index in [-0.39, 0.29) is 17.3 Å². The maximum atomic E-state index is 10.5.